The van der Waals surface area contributed by atoms with Crippen LogP contribution in [0.2, 0.25) is 0 Å². The largest absolute Gasteiger partial charge is 0.505 e. The van der Waals surface area contributed by atoms with Crippen LogP contribution in [0.25, 0.3) is 32.4 Å². The van der Waals surface area contributed by atoms with Crippen LogP contribution < -0.4 is 5.73 Å². The first-order valence-corrected chi connectivity index (χ1v) is 16.9. The molecule has 0 spiro atoms. The molecule has 6 N–H and O–H groups in total. The third-order valence-electron chi connectivity index (χ3n) is 6.96. The summed E-state index contributed by atoms with van der Waals surface area (Å²) in [5.74, 6) is -0.550. The molecular weight excluding hydrogens is 689 g/mol. The van der Waals surface area contributed by atoms with E-state index in [4.69, 9.17) is 11.0 Å². The number of nitrogen functional groups attached to an aromatic ring is 1. The zero-order chi connectivity index (χ0) is 34.2. The van der Waals surface area contributed by atoms with Gasteiger partial charge in [-0.05, 0) is 60.0 Å². The summed E-state index contributed by atoms with van der Waals surface area (Å²) in [5, 5.41) is 41.9. The Morgan fingerprint density at radius 2 is 1.48 bits per heavy atom. The van der Waals surface area contributed by atoms with Gasteiger partial charge in [0.1, 0.15) is 16.3 Å². The van der Waals surface area contributed by atoms with Gasteiger partial charge in [-0.3, -0.25) is 14.1 Å². The van der Waals surface area contributed by atoms with Crippen molar-refractivity contribution in [3.05, 3.63) is 85.1 Å². The minimum absolute atomic E-state index is 0.0144. The number of aromatic hydroxyl groups is 1. The van der Waals surface area contributed by atoms with E-state index in [9.17, 15) is 31.0 Å². The number of nitrogens with zero attached hydrogens (tertiary/aromatic N) is 5. The highest BCUT2D eigenvalue weighted by atomic mass is 32.2. The minimum Gasteiger partial charge on any atom is -0.505 e. The highest BCUT2D eigenvalue weighted by molar-refractivity contribution is 7.94. The summed E-state index contributed by atoms with van der Waals surface area (Å²) in [6, 6.07) is 19.4. The quantitative estimate of drug-likeness (QED) is 0.0242. The van der Waals surface area contributed by atoms with Gasteiger partial charge >= 0.3 is 0 Å². The number of hydrogen-bond acceptors (Lipinski definition) is 15. The maximum Gasteiger partial charge on any atom is 0.296 e. The second kappa shape index (κ2) is 12.8. The number of rotatable bonds is 9. The highest BCUT2D eigenvalue weighted by Gasteiger charge is 2.21. The Bertz CT molecular complexity index is 2550. The first-order chi connectivity index (χ1) is 22.8. The molecule has 16 nitrogen and oxygen atoms in total. The molecule has 0 unspecified atom stereocenters. The third kappa shape index (κ3) is 6.65. The predicted molar refractivity (Wildman–Crippen MR) is 174 cm³/mol. The topological polar surface area (TPSA) is 256 Å². The van der Waals surface area contributed by atoms with Gasteiger partial charge in [0.15, 0.2) is 5.75 Å². The van der Waals surface area contributed by atoms with Crippen molar-refractivity contribution in [2.24, 2.45) is 20.5 Å². The molecule has 0 aliphatic carbocycles. The standard InChI is InChI=1S/C29H20N6O10S3/c30-22-13-20-16(11-27(22)48(41,42)43)10-26(46-45-44-37)28(29(20)36)35-34-25-8-7-24(19-6-5-18(12-21(19)25)47(38,39)40)33-32-17-9-15-3-1-2-4-23(15)31-14-17/h1-14,36-37H,30H2,(H,38,39,40)(H,41,42,43). The number of fused-ring (bicyclic) bond motifs is 3. The van der Waals surface area contributed by atoms with E-state index in [0.29, 0.717) is 28.8 Å². The highest BCUT2D eigenvalue weighted by Crippen LogP contribution is 2.46. The molecule has 0 amide bonds. The third-order valence-corrected chi connectivity index (χ3v) is 9.34. The number of azo groups is 2. The number of para-hydroxylation sites is 1. The van der Waals surface area contributed by atoms with Crippen LogP contribution in [0.1, 0.15) is 0 Å². The van der Waals surface area contributed by atoms with Crippen LogP contribution in [0.3, 0.4) is 0 Å². The Balaban J connectivity index is 1.48. The summed E-state index contributed by atoms with van der Waals surface area (Å²) in [5.41, 5.74) is 6.79. The van der Waals surface area contributed by atoms with E-state index >= 15 is 0 Å². The van der Waals surface area contributed by atoms with Crippen molar-refractivity contribution < 1.29 is 45.7 Å². The molecule has 0 fully saturated rings. The van der Waals surface area contributed by atoms with Crippen molar-refractivity contribution in [1.82, 2.24) is 4.98 Å². The first kappa shape index (κ1) is 32.8. The number of pyridine rings is 1. The van der Waals surface area contributed by atoms with E-state index in [0.717, 1.165) is 29.1 Å². The molecule has 244 valence electrons. The first-order valence-electron chi connectivity index (χ1n) is 13.3. The molecule has 1 heterocycles. The minimum atomic E-state index is -4.72. The summed E-state index contributed by atoms with van der Waals surface area (Å²) in [4.78, 5) is 3.26. The van der Waals surface area contributed by atoms with E-state index in [1.165, 1.54) is 30.3 Å². The van der Waals surface area contributed by atoms with Gasteiger partial charge < -0.3 is 10.8 Å². The second-order valence-corrected chi connectivity index (χ2v) is 13.5. The molecule has 0 saturated heterocycles. The van der Waals surface area contributed by atoms with Gasteiger partial charge in [0.2, 0.25) is 0 Å². The molecular formula is C29H20N6O10S3. The number of hydrogen-bond donors (Lipinski definition) is 5. The van der Waals surface area contributed by atoms with Crippen LogP contribution in [0, 0.1) is 0 Å². The average molecular weight is 709 g/mol. The van der Waals surface area contributed by atoms with Gasteiger partial charge in [-0.15, -0.1) is 24.8 Å². The molecule has 1 aromatic heterocycles. The molecule has 6 rings (SSSR count). The van der Waals surface area contributed by atoms with Gasteiger partial charge in [0, 0.05) is 21.5 Å². The van der Waals surface area contributed by atoms with Crippen LogP contribution in [-0.2, 0) is 29.6 Å². The van der Waals surface area contributed by atoms with Crippen molar-refractivity contribution in [3.63, 3.8) is 0 Å². The lowest BCUT2D eigenvalue weighted by Gasteiger charge is -2.11. The van der Waals surface area contributed by atoms with Crippen molar-refractivity contribution in [2.45, 2.75) is 14.7 Å². The monoisotopic (exact) mass is 708 g/mol. The molecule has 0 bridgehead atoms. The summed E-state index contributed by atoms with van der Waals surface area (Å²) < 4.78 is 71.3. The molecule has 0 atom stereocenters. The lowest BCUT2D eigenvalue weighted by Crippen LogP contribution is -2.03. The van der Waals surface area contributed by atoms with Crippen LogP contribution >= 0.6 is 12.0 Å². The maximum absolute atomic E-state index is 12.0. The number of benzene rings is 5. The van der Waals surface area contributed by atoms with E-state index in [2.05, 4.69) is 34.8 Å². The molecule has 6 aromatic rings. The number of phenolic OH excluding ortho intramolecular Hbond substituents is 1. The van der Waals surface area contributed by atoms with Gasteiger partial charge in [-0.2, -0.15) is 16.8 Å². The lowest BCUT2D eigenvalue weighted by molar-refractivity contribution is -0.432. The van der Waals surface area contributed by atoms with Crippen LogP contribution in [0.4, 0.5) is 28.4 Å². The molecule has 0 saturated carbocycles. The Labute approximate surface area is 274 Å². The Kier molecular flexibility index (Phi) is 8.76. The van der Waals surface area contributed by atoms with Gasteiger partial charge in [0.05, 0.1) is 50.6 Å². The second-order valence-electron chi connectivity index (χ2n) is 9.96. The SMILES string of the molecule is Nc1cc2c(O)c(N=Nc3ccc(N=Nc4cnc5ccccc5c4)c4ccc(S(=O)(=O)O)cc34)c(SOOO)cc2cc1S(=O)(=O)O. The number of anilines is 1. The zero-order valence-electron chi connectivity index (χ0n) is 23.9. The molecule has 0 aliphatic heterocycles. The van der Waals surface area contributed by atoms with E-state index < -0.39 is 35.8 Å². The normalized spacial score (nSPS) is 12.6. The predicted octanol–water partition coefficient (Wildman–Crippen LogP) is 7.58. The smallest absolute Gasteiger partial charge is 0.296 e. The van der Waals surface area contributed by atoms with Crippen molar-refractivity contribution in [2.75, 3.05) is 5.73 Å². The Morgan fingerprint density at radius 3 is 2.21 bits per heavy atom. The van der Waals surface area contributed by atoms with Crippen LogP contribution in [0.15, 0.2) is 120 Å². The molecule has 0 aliphatic rings. The average Bonchev–Trinajstić information content (AvgIpc) is 3.05. The summed E-state index contributed by atoms with van der Waals surface area (Å²) in [7, 11) is -9.36. The van der Waals surface area contributed by atoms with Gasteiger partial charge in [-0.1, -0.05) is 29.3 Å². The summed E-state index contributed by atoms with van der Waals surface area (Å²) in [6.45, 7) is 0. The molecule has 19 heteroatoms. The molecule has 0 radical (unpaired) electrons. The molecule has 5 aromatic carbocycles. The fraction of sp³-hybridized carbons (Fsp3) is 0. The molecule has 48 heavy (non-hydrogen) atoms. The van der Waals surface area contributed by atoms with Gasteiger partial charge in [-0.25, -0.2) is 5.26 Å². The maximum atomic E-state index is 12.0. The van der Waals surface area contributed by atoms with Crippen LogP contribution in [0.5, 0.6) is 5.75 Å². The Morgan fingerprint density at radius 1 is 0.750 bits per heavy atom. The Hall–Kier alpha value is -5.12. The number of phenols is 1. The fourth-order valence-corrected chi connectivity index (χ4v) is 6.42. The van der Waals surface area contributed by atoms with E-state index in [1.807, 2.05) is 24.3 Å². The van der Waals surface area contributed by atoms with Crippen molar-refractivity contribution in [3.8, 4) is 5.75 Å². The summed E-state index contributed by atoms with van der Waals surface area (Å²) >= 11 is 0.372. The van der Waals surface area contributed by atoms with E-state index in [-0.39, 0.29) is 38.1 Å². The number of nitrogens with two attached hydrogens (primary N) is 1. The van der Waals surface area contributed by atoms with Crippen LogP contribution in [-0.4, -0.2) is 41.3 Å². The van der Waals surface area contributed by atoms with Crippen molar-refractivity contribution in [1.29, 1.82) is 0 Å². The number of aromatic nitrogens is 1. The van der Waals surface area contributed by atoms with Crippen molar-refractivity contribution >= 4 is 93.2 Å². The zero-order valence-corrected chi connectivity index (χ0v) is 26.3. The lowest BCUT2D eigenvalue weighted by atomic mass is 10.1. The fourth-order valence-electron chi connectivity index (χ4n) is 4.79. The van der Waals surface area contributed by atoms with Gasteiger partial charge in [0.25, 0.3) is 20.2 Å². The van der Waals surface area contributed by atoms with E-state index in [1.54, 1.807) is 12.3 Å². The summed E-state index contributed by atoms with van der Waals surface area (Å²) in [6.07, 6.45) is 1.54.